The summed E-state index contributed by atoms with van der Waals surface area (Å²) >= 11 is 0. The summed E-state index contributed by atoms with van der Waals surface area (Å²) < 4.78 is 96.9. The van der Waals surface area contributed by atoms with Crippen molar-refractivity contribution in [2.45, 2.75) is 32.3 Å². The van der Waals surface area contributed by atoms with Gasteiger partial charge in [0, 0.05) is 53.8 Å². The maximum Gasteiger partial charge on any atom is 0.113 e. The first-order chi connectivity index (χ1) is 16.1. The molecule has 3 aliphatic heterocycles. The molecule has 3 heterocycles. The highest BCUT2D eigenvalue weighted by Crippen LogP contribution is 2.28. The first kappa shape index (κ1) is 6.87. The van der Waals surface area contributed by atoms with Gasteiger partial charge < -0.3 is 9.80 Å². The van der Waals surface area contributed by atoms with Crippen LogP contribution < -0.4 is 20.2 Å². The first-order valence-corrected chi connectivity index (χ1v) is 11.0. The third-order valence-electron chi connectivity index (χ3n) is 5.10. The molecular formula is C21H26N2Si. The highest BCUT2D eigenvalue weighted by Gasteiger charge is 2.35. The van der Waals surface area contributed by atoms with Gasteiger partial charge in [-0.2, -0.15) is 0 Å². The molecule has 0 aromatic heterocycles. The second-order valence-electron chi connectivity index (χ2n) is 6.85. The molecule has 0 radical (unpaired) electrons. The Hall–Kier alpha value is -1.74. The minimum Gasteiger partial charge on any atom is -0.371 e. The van der Waals surface area contributed by atoms with Gasteiger partial charge in [0.1, 0.15) is 8.07 Å². The van der Waals surface area contributed by atoms with E-state index in [9.17, 15) is 0 Å². The third-order valence-corrected chi connectivity index (χ3v) is 8.73. The molecule has 0 atom stereocenters. The Morgan fingerprint density at radius 3 is 1.71 bits per heavy atom. The van der Waals surface area contributed by atoms with Crippen molar-refractivity contribution >= 4 is 29.8 Å². The van der Waals surface area contributed by atoms with Gasteiger partial charge in [-0.05, 0) is 64.9 Å². The van der Waals surface area contributed by atoms with Crippen molar-refractivity contribution in [3.8, 4) is 0 Å². The molecule has 5 rings (SSSR count). The lowest BCUT2D eigenvalue weighted by Gasteiger charge is -2.39. The van der Waals surface area contributed by atoms with Gasteiger partial charge in [0.05, 0.1) is 0 Å². The minimum absolute atomic E-state index is 0.239. The molecule has 2 fully saturated rings. The van der Waals surface area contributed by atoms with Crippen LogP contribution in [0, 0.1) is 0 Å². The number of nitrogens with zero attached hydrogens (tertiary/aromatic N) is 2. The Kier molecular flexibility index (Phi) is 1.47. The second-order valence-corrected chi connectivity index (χ2v) is 11.2. The van der Waals surface area contributed by atoms with Crippen LogP contribution in [-0.4, -0.2) is 34.1 Å². The van der Waals surface area contributed by atoms with Gasteiger partial charge in [-0.15, -0.1) is 0 Å². The van der Waals surface area contributed by atoms with Crippen LogP contribution in [0.15, 0.2) is 36.4 Å². The molecule has 2 nitrogen and oxygen atoms in total. The number of hydrogen-bond donors (Lipinski definition) is 0. The Morgan fingerprint density at radius 2 is 1.25 bits per heavy atom. The van der Waals surface area contributed by atoms with Crippen molar-refractivity contribution in [1.29, 1.82) is 0 Å². The van der Waals surface area contributed by atoms with Crippen molar-refractivity contribution in [3.05, 3.63) is 47.5 Å². The topological polar surface area (TPSA) is 6.48 Å². The van der Waals surface area contributed by atoms with Crippen LogP contribution in [-0.2, 0) is 6.42 Å². The fraction of sp³-hybridized carbons (Fsp3) is 0.429. The summed E-state index contributed by atoms with van der Waals surface area (Å²) in [4.78, 5) is 1.67. The van der Waals surface area contributed by atoms with E-state index in [2.05, 4.69) is 13.1 Å². The van der Waals surface area contributed by atoms with E-state index in [0.29, 0.717) is 6.42 Å². The van der Waals surface area contributed by atoms with Gasteiger partial charge in [-0.3, -0.25) is 0 Å². The molecule has 124 valence electrons. The summed E-state index contributed by atoms with van der Waals surface area (Å²) in [6, 6.07) is 10.3. The predicted molar refractivity (Wildman–Crippen MR) is 106 cm³/mol. The van der Waals surface area contributed by atoms with Gasteiger partial charge in [0.2, 0.25) is 0 Å². The van der Waals surface area contributed by atoms with Crippen molar-refractivity contribution < 1.29 is 16.4 Å². The van der Waals surface area contributed by atoms with E-state index < -0.39 is 46.8 Å². The van der Waals surface area contributed by atoms with Crippen molar-refractivity contribution in [2.24, 2.45) is 0 Å². The van der Waals surface area contributed by atoms with E-state index in [0.717, 1.165) is 31.3 Å². The highest BCUT2D eigenvalue weighted by molar-refractivity contribution is 7.01. The van der Waals surface area contributed by atoms with E-state index >= 15 is 0 Å². The normalized spacial score (nSPS) is 40.8. The first-order valence-electron chi connectivity index (χ1n) is 14.0. The molecule has 0 saturated carbocycles. The molecule has 0 amide bonds. The summed E-state index contributed by atoms with van der Waals surface area (Å²) in [6.45, 7) is -6.05. The third kappa shape index (κ3) is 2.07. The molecule has 3 aliphatic rings. The largest absolute Gasteiger partial charge is 0.371 e. The summed E-state index contributed by atoms with van der Waals surface area (Å²) in [5.41, 5.74) is 2.46. The molecule has 0 N–H and O–H groups in total. The number of benzene rings is 2. The number of hydrogen-bond acceptors (Lipinski definition) is 2. The SMILES string of the molecule is [2H]C1([2H])N(c2ccc3c(c2)[Si](C)(C)c2cc(N4C([2H])([2H])C([2H])([2H])C4([2H])[2H])ccc2C3)C([2H])([2H])C1([2H])[2H]. The van der Waals surface area contributed by atoms with Crippen LogP contribution in [0.2, 0.25) is 13.1 Å². The fourth-order valence-electron chi connectivity index (χ4n) is 3.71. The van der Waals surface area contributed by atoms with E-state index in [1.165, 1.54) is 0 Å². The van der Waals surface area contributed by atoms with Crippen molar-refractivity contribution in [3.63, 3.8) is 0 Å². The highest BCUT2D eigenvalue weighted by atomic mass is 28.3. The molecule has 0 spiro atoms. The van der Waals surface area contributed by atoms with Crippen LogP contribution in [0.25, 0.3) is 0 Å². The van der Waals surface area contributed by atoms with Gasteiger partial charge in [0.25, 0.3) is 0 Å². The zero-order chi connectivity index (χ0) is 27.1. The Morgan fingerprint density at radius 1 is 0.792 bits per heavy atom. The average molecular weight is 347 g/mol. The van der Waals surface area contributed by atoms with Crippen LogP contribution in [0.3, 0.4) is 0 Å². The molecule has 0 bridgehead atoms. The van der Waals surface area contributed by atoms with Gasteiger partial charge in [-0.1, -0.05) is 25.2 Å². The molecule has 2 aromatic rings. The van der Waals surface area contributed by atoms with Crippen LogP contribution in [0.5, 0.6) is 0 Å². The molecule has 24 heavy (non-hydrogen) atoms. The average Bonchev–Trinajstić information content (AvgIpc) is 2.73. The van der Waals surface area contributed by atoms with Crippen LogP contribution >= 0.6 is 0 Å². The van der Waals surface area contributed by atoms with Gasteiger partial charge in [0.15, 0.2) is 0 Å². The van der Waals surface area contributed by atoms with Crippen molar-refractivity contribution in [1.82, 2.24) is 0 Å². The second kappa shape index (κ2) is 5.12. The van der Waals surface area contributed by atoms with Crippen LogP contribution in [0.4, 0.5) is 11.4 Å². The Bertz CT molecular complexity index is 1160. The Balaban J connectivity index is 1.58. The summed E-state index contributed by atoms with van der Waals surface area (Å²) in [5, 5.41) is 1.82. The monoisotopic (exact) mass is 346 g/mol. The molecule has 3 heteroatoms. The maximum absolute atomic E-state index is 8.17. The number of fused-ring (bicyclic) bond motifs is 2. The zero-order valence-corrected chi connectivity index (χ0v) is 14.6. The fourth-order valence-corrected chi connectivity index (χ4v) is 6.97. The van der Waals surface area contributed by atoms with Crippen LogP contribution in [0.1, 0.15) is 40.3 Å². The van der Waals surface area contributed by atoms with Gasteiger partial charge in [-0.25, -0.2) is 0 Å². The van der Waals surface area contributed by atoms with E-state index in [-0.39, 0.29) is 11.4 Å². The van der Waals surface area contributed by atoms with Gasteiger partial charge >= 0.3 is 0 Å². The summed E-state index contributed by atoms with van der Waals surface area (Å²) in [6.07, 6.45) is -4.85. The molecule has 0 aliphatic carbocycles. The maximum atomic E-state index is 8.17. The lowest BCUT2D eigenvalue weighted by molar-refractivity contribution is 0.617. The number of anilines is 2. The zero-order valence-electron chi connectivity index (χ0n) is 25.6. The molecule has 2 saturated heterocycles. The standard InChI is InChI=1S/C21H26N2Si/c1-24(2)20-14-18(22-9-3-10-22)7-5-16(20)13-17-6-8-19(15-21(17)24)23-11-4-12-23/h5-8,14-15H,3-4,9-13H2,1-2H3/i3D2,4D2,9D2,10D2,11D2,12D2. The minimum atomic E-state index is -2.69. The lowest BCUT2D eigenvalue weighted by atomic mass is 10.0. The lowest BCUT2D eigenvalue weighted by Crippen LogP contribution is -2.58. The quantitative estimate of drug-likeness (QED) is 0.772. The molecule has 0 unspecified atom stereocenters. The summed E-state index contributed by atoms with van der Waals surface area (Å²) in [7, 11) is -2.55. The molecule has 2 aromatic carbocycles. The summed E-state index contributed by atoms with van der Waals surface area (Å²) in [5.74, 6) is 0. The molecular weight excluding hydrogens is 308 g/mol. The van der Waals surface area contributed by atoms with E-state index in [4.69, 9.17) is 16.4 Å². The van der Waals surface area contributed by atoms with Crippen molar-refractivity contribution in [2.75, 3.05) is 35.8 Å². The van der Waals surface area contributed by atoms with E-state index in [1.54, 1.807) is 24.3 Å². The van der Waals surface area contributed by atoms with E-state index in [1.807, 2.05) is 12.1 Å². The number of rotatable bonds is 2. The smallest absolute Gasteiger partial charge is 0.113 e. The predicted octanol–water partition coefficient (Wildman–Crippen LogP) is 2.83. The Labute approximate surface area is 163 Å².